The van der Waals surface area contributed by atoms with Gasteiger partial charge < -0.3 is 22.8 Å². The fourth-order valence-electron chi connectivity index (χ4n) is 3.56. The highest BCUT2D eigenvalue weighted by molar-refractivity contribution is 7.72. The Labute approximate surface area is 225 Å². The van der Waals surface area contributed by atoms with Crippen LogP contribution in [0.4, 0.5) is 0 Å². The number of carbonyl (C=O) groups is 1. The number of esters is 1. The highest BCUT2D eigenvalue weighted by Crippen LogP contribution is 2.71. The first-order chi connectivity index (χ1) is 17.5. The lowest BCUT2D eigenvalue weighted by atomic mass is 10.1. The van der Waals surface area contributed by atoms with E-state index in [0.29, 0.717) is 0 Å². The Hall–Kier alpha value is -1.01. The molecule has 0 aromatic carbocycles. The number of hydrogen-bond acceptors (Lipinski definition) is 8. The highest BCUT2D eigenvalue weighted by atomic mass is 31.2. The maximum atomic E-state index is 13.5. The van der Waals surface area contributed by atoms with E-state index >= 15 is 0 Å². The molecule has 37 heavy (non-hydrogen) atoms. The van der Waals surface area contributed by atoms with Gasteiger partial charge in [0.15, 0.2) is 5.40 Å². The smallest absolute Gasteiger partial charge is 0.345 e. The van der Waals surface area contributed by atoms with Gasteiger partial charge in [-0.2, -0.15) is 0 Å². The first-order valence-corrected chi connectivity index (χ1v) is 16.6. The van der Waals surface area contributed by atoms with Crippen molar-refractivity contribution in [2.45, 2.75) is 99.3 Å². The van der Waals surface area contributed by atoms with Crippen molar-refractivity contribution in [2.24, 2.45) is 0 Å². The number of hydrogen-bond donors (Lipinski definition) is 0. The number of allylic oxidation sites excluding steroid dienone is 5. The van der Waals surface area contributed by atoms with E-state index in [1.165, 1.54) is 11.1 Å². The quantitative estimate of drug-likeness (QED) is 0.0777. The fraction of sp³-hybridized carbons (Fsp3) is 0.741. The van der Waals surface area contributed by atoms with E-state index in [4.69, 9.17) is 22.8 Å². The topological polar surface area (TPSA) is 97.4 Å². The van der Waals surface area contributed by atoms with Gasteiger partial charge in [0.25, 0.3) is 0 Å². The minimum Gasteiger partial charge on any atom is -0.461 e. The van der Waals surface area contributed by atoms with Crippen LogP contribution in [0.1, 0.15) is 93.9 Å². The third-order valence-electron chi connectivity index (χ3n) is 5.37. The van der Waals surface area contributed by atoms with Gasteiger partial charge in [-0.1, -0.05) is 28.9 Å². The summed E-state index contributed by atoms with van der Waals surface area (Å²) >= 11 is 0. The molecule has 0 heterocycles. The zero-order valence-electron chi connectivity index (χ0n) is 24.2. The van der Waals surface area contributed by atoms with Crippen LogP contribution in [0.2, 0.25) is 0 Å². The maximum absolute atomic E-state index is 13.5. The Morgan fingerprint density at radius 1 is 0.676 bits per heavy atom. The molecule has 0 saturated carbocycles. The number of ether oxygens (including phenoxy) is 1. The SMILES string of the molecule is CCOP(=O)(OCC)C(CCC(=O)OC/C=C(\C)CC/C=C(\C)CCC=C(C)C)P(=O)(OCC)OCC. The summed E-state index contributed by atoms with van der Waals surface area (Å²) in [4.78, 5) is 12.5. The summed E-state index contributed by atoms with van der Waals surface area (Å²) in [5, 5.41) is -1.23. The Bertz CT molecular complexity index is 793. The van der Waals surface area contributed by atoms with Crippen LogP contribution in [-0.2, 0) is 36.8 Å². The standard InChI is InChI=1S/C27H50O8P2/c1-9-32-36(29,33-10-2)27(37(30,34-11-3)35-12-4)20-19-26(28)31-22-21-25(8)18-14-17-24(7)16-13-15-23(5)6/h15,17,21,27H,9-14,16,18-20,22H2,1-8H3/b24-17+,25-21+. The molecule has 0 aromatic rings. The van der Waals surface area contributed by atoms with Gasteiger partial charge in [-0.25, -0.2) is 0 Å². The third-order valence-corrected chi connectivity index (χ3v) is 11.5. The van der Waals surface area contributed by atoms with Crippen molar-refractivity contribution < 1.29 is 36.8 Å². The van der Waals surface area contributed by atoms with Crippen molar-refractivity contribution in [1.29, 1.82) is 0 Å². The average molecular weight is 565 g/mol. The molecule has 0 aliphatic rings. The molecule has 0 N–H and O–H groups in total. The molecule has 0 bridgehead atoms. The van der Waals surface area contributed by atoms with E-state index < -0.39 is 26.6 Å². The van der Waals surface area contributed by atoms with Gasteiger partial charge in [0, 0.05) is 6.42 Å². The van der Waals surface area contributed by atoms with Crippen molar-refractivity contribution in [3.05, 3.63) is 34.9 Å². The van der Waals surface area contributed by atoms with Crippen LogP contribution in [0, 0.1) is 0 Å². The van der Waals surface area contributed by atoms with Gasteiger partial charge in [0.2, 0.25) is 0 Å². The van der Waals surface area contributed by atoms with E-state index in [-0.39, 0.29) is 45.9 Å². The molecule has 0 radical (unpaired) electrons. The molecule has 0 atom stereocenters. The minimum atomic E-state index is -3.88. The molecule has 0 saturated heterocycles. The Morgan fingerprint density at radius 3 is 1.54 bits per heavy atom. The average Bonchev–Trinajstić information content (AvgIpc) is 2.79. The van der Waals surface area contributed by atoms with Crippen LogP contribution < -0.4 is 0 Å². The molecule has 10 heteroatoms. The lowest BCUT2D eigenvalue weighted by Crippen LogP contribution is -2.19. The Kier molecular flexibility index (Phi) is 19.4. The van der Waals surface area contributed by atoms with Crippen molar-refractivity contribution >= 4 is 21.2 Å². The number of carbonyl (C=O) groups excluding carboxylic acids is 1. The largest absolute Gasteiger partial charge is 0.461 e. The lowest BCUT2D eigenvalue weighted by Gasteiger charge is -2.31. The van der Waals surface area contributed by atoms with E-state index in [0.717, 1.165) is 31.3 Å². The van der Waals surface area contributed by atoms with Crippen LogP contribution in [0.5, 0.6) is 0 Å². The van der Waals surface area contributed by atoms with Gasteiger partial charge >= 0.3 is 21.2 Å². The second-order valence-electron chi connectivity index (χ2n) is 8.91. The summed E-state index contributed by atoms with van der Waals surface area (Å²) in [5.74, 6) is -0.497. The van der Waals surface area contributed by atoms with Gasteiger partial charge in [-0.15, -0.1) is 0 Å². The summed E-state index contributed by atoms with van der Waals surface area (Å²) < 4.78 is 54.1. The summed E-state index contributed by atoms with van der Waals surface area (Å²) in [7, 11) is -7.77. The third kappa shape index (κ3) is 15.2. The van der Waals surface area contributed by atoms with E-state index in [1.807, 2.05) is 13.0 Å². The summed E-state index contributed by atoms with van der Waals surface area (Å²) in [6, 6.07) is 0. The lowest BCUT2D eigenvalue weighted by molar-refractivity contribution is -0.142. The van der Waals surface area contributed by atoms with Crippen molar-refractivity contribution in [3.63, 3.8) is 0 Å². The molecule has 0 aliphatic heterocycles. The molecular formula is C27H50O8P2. The predicted octanol–water partition coefficient (Wildman–Crippen LogP) is 8.59. The van der Waals surface area contributed by atoms with Crippen molar-refractivity contribution in [1.82, 2.24) is 0 Å². The van der Waals surface area contributed by atoms with Crippen LogP contribution in [0.3, 0.4) is 0 Å². The molecule has 0 spiro atoms. The van der Waals surface area contributed by atoms with Crippen molar-refractivity contribution in [3.8, 4) is 0 Å². The van der Waals surface area contributed by atoms with Gasteiger partial charge in [-0.05, 0) is 93.6 Å². The van der Waals surface area contributed by atoms with Crippen LogP contribution in [0.25, 0.3) is 0 Å². The van der Waals surface area contributed by atoms with Crippen molar-refractivity contribution in [2.75, 3.05) is 33.0 Å². The minimum absolute atomic E-state index is 0.0765. The molecular weight excluding hydrogens is 514 g/mol. The Morgan fingerprint density at radius 2 is 1.11 bits per heavy atom. The second-order valence-corrected chi connectivity index (χ2v) is 13.8. The molecule has 0 rings (SSSR count). The fourth-order valence-corrected chi connectivity index (χ4v) is 8.92. The maximum Gasteiger partial charge on any atom is 0.345 e. The predicted molar refractivity (Wildman–Crippen MR) is 151 cm³/mol. The molecule has 216 valence electrons. The van der Waals surface area contributed by atoms with Gasteiger partial charge in [0.05, 0.1) is 26.4 Å². The normalized spacial score (nSPS) is 13.2. The van der Waals surface area contributed by atoms with E-state index in [9.17, 15) is 13.9 Å². The van der Waals surface area contributed by atoms with Gasteiger partial charge in [-0.3, -0.25) is 13.9 Å². The molecule has 8 nitrogen and oxygen atoms in total. The van der Waals surface area contributed by atoms with Crippen LogP contribution in [0.15, 0.2) is 34.9 Å². The monoisotopic (exact) mass is 564 g/mol. The van der Waals surface area contributed by atoms with Crippen LogP contribution >= 0.6 is 15.2 Å². The molecule has 0 amide bonds. The first kappa shape index (κ1) is 36.0. The molecule has 0 fully saturated rings. The Balaban J connectivity index is 5.04. The first-order valence-electron chi connectivity index (χ1n) is 13.4. The van der Waals surface area contributed by atoms with E-state index in [2.05, 4.69) is 32.9 Å². The number of rotatable bonds is 21. The zero-order valence-corrected chi connectivity index (χ0v) is 26.0. The molecule has 0 aliphatic carbocycles. The van der Waals surface area contributed by atoms with Crippen LogP contribution in [-0.4, -0.2) is 44.4 Å². The summed E-state index contributed by atoms with van der Waals surface area (Å²) in [6.07, 6.45) is 10.1. The van der Waals surface area contributed by atoms with Gasteiger partial charge in [0.1, 0.15) is 6.61 Å². The highest BCUT2D eigenvalue weighted by Gasteiger charge is 2.50. The molecule has 0 aromatic heterocycles. The summed E-state index contributed by atoms with van der Waals surface area (Å²) in [5.41, 5.74) is 3.85. The second kappa shape index (κ2) is 20.0. The zero-order chi connectivity index (χ0) is 28.3. The summed E-state index contributed by atoms with van der Waals surface area (Å²) in [6.45, 7) is 15.5. The molecule has 0 unspecified atom stereocenters. The van der Waals surface area contributed by atoms with E-state index in [1.54, 1.807) is 27.7 Å².